The molecule has 0 amide bonds. The fourth-order valence-corrected chi connectivity index (χ4v) is 4.05. The van der Waals surface area contributed by atoms with Crippen LogP contribution in [-0.2, 0) is 0 Å². The normalized spacial score (nSPS) is 10.7. The van der Waals surface area contributed by atoms with Crippen molar-refractivity contribution in [2.45, 2.75) is 34.6 Å². The van der Waals surface area contributed by atoms with E-state index in [2.05, 4.69) is 82.1 Å². The van der Waals surface area contributed by atoms with Crippen LogP contribution in [0, 0.1) is 6.92 Å². The topological polar surface area (TPSA) is 78.4 Å². The molecule has 0 saturated carbocycles. The van der Waals surface area contributed by atoms with E-state index in [1.165, 1.54) is 11.3 Å². The second kappa shape index (κ2) is 11.7. The summed E-state index contributed by atoms with van der Waals surface area (Å²) in [4.78, 5) is 17.6. The van der Waals surface area contributed by atoms with Crippen molar-refractivity contribution in [3.05, 3.63) is 47.2 Å². The summed E-state index contributed by atoms with van der Waals surface area (Å²) < 4.78 is 5.55. The predicted octanol–water partition coefficient (Wildman–Crippen LogP) is 6.02. The fraction of sp³-hybridized carbons (Fsp3) is 0.400. The Morgan fingerprint density at radius 1 is 0.765 bits per heavy atom. The summed E-state index contributed by atoms with van der Waals surface area (Å²) in [5, 5.41) is 6.62. The first-order chi connectivity index (χ1) is 16.4. The third kappa shape index (κ3) is 5.99. The van der Waals surface area contributed by atoms with Crippen LogP contribution in [0.15, 0.2) is 36.4 Å². The summed E-state index contributed by atoms with van der Waals surface area (Å²) in [5.74, 6) is 1.54. The van der Waals surface area contributed by atoms with Crippen molar-refractivity contribution in [2.24, 2.45) is 0 Å². The van der Waals surface area contributed by atoms with Crippen LogP contribution in [0.25, 0.3) is 0 Å². The van der Waals surface area contributed by atoms with Crippen molar-refractivity contribution in [3.63, 3.8) is 0 Å². The number of anilines is 6. The molecule has 34 heavy (non-hydrogen) atoms. The van der Waals surface area contributed by atoms with Crippen molar-refractivity contribution in [1.82, 2.24) is 15.0 Å². The maximum Gasteiger partial charge on any atom is 0.233 e. The van der Waals surface area contributed by atoms with Crippen LogP contribution in [0.4, 0.5) is 34.6 Å². The Labute approximate surface area is 207 Å². The number of nitrogens with one attached hydrogen (secondary N) is 2. The average Bonchev–Trinajstić information content (AvgIpc) is 2.82. The number of aryl methyl sites for hydroxylation is 1. The van der Waals surface area contributed by atoms with E-state index in [0.29, 0.717) is 11.9 Å². The summed E-state index contributed by atoms with van der Waals surface area (Å²) in [7, 11) is 1.68. The molecular formula is C25H34ClN7O. The minimum absolute atomic E-state index is 0.105. The molecule has 1 aromatic heterocycles. The highest BCUT2D eigenvalue weighted by atomic mass is 35.5. The Kier molecular flexibility index (Phi) is 8.76. The number of aromatic nitrogens is 3. The lowest BCUT2D eigenvalue weighted by Crippen LogP contribution is -2.22. The molecule has 0 atom stereocenters. The van der Waals surface area contributed by atoms with Crippen molar-refractivity contribution in [3.8, 4) is 5.75 Å². The van der Waals surface area contributed by atoms with Crippen LogP contribution in [-0.4, -0.2) is 48.2 Å². The van der Waals surface area contributed by atoms with Crippen molar-refractivity contribution < 1.29 is 4.74 Å². The van der Waals surface area contributed by atoms with Gasteiger partial charge in [0.25, 0.3) is 0 Å². The van der Waals surface area contributed by atoms with E-state index in [9.17, 15) is 0 Å². The number of hydrogen-bond acceptors (Lipinski definition) is 8. The van der Waals surface area contributed by atoms with E-state index >= 15 is 0 Å². The first-order valence-corrected chi connectivity index (χ1v) is 12.0. The first-order valence-electron chi connectivity index (χ1n) is 11.7. The van der Waals surface area contributed by atoms with Crippen molar-refractivity contribution in [2.75, 3.05) is 53.7 Å². The lowest BCUT2D eigenvalue weighted by atomic mass is 10.1. The molecule has 0 saturated heterocycles. The molecule has 0 radical (unpaired) electrons. The quantitative estimate of drug-likeness (QED) is 0.342. The van der Waals surface area contributed by atoms with Gasteiger partial charge in [0.2, 0.25) is 17.2 Å². The van der Waals surface area contributed by atoms with E-state index in [1.807, 2.05) is 24.3 Å². The van der Waals surface area contributed by atoms with E-state index in [0.717, 1.165) is 49.0 Å². The Balaban J connectivity index is 1.87. The average molecular weight is 484 g/mol. The molecule has 8 nitrogen and oxygen atoms in total. The number of hydrogen-bond donors (Lipinski definition) is 2. The van der Waals surface area contributed by atoms with Gasteiger partial charge in [-0.25, -0.2) is 0 Å². The molecule has 0 spiro atoms. The van der Waals surface area contributed by atoms with Gasteiger partial charge >= 0.3 is 0 Å². The Hall–Kier alpha value is -3.26. The molecule has 0 aliphatic carbocycles. The number of benzene rings is 2. The predicted molar refractivity (Wildman–Crippen MR) is 143 cm³/mol. The summed E-state index contributed by atoms with van der Waals surface area (Å²) >= 11 is 6.23. The SMILES string of the molecule is CCN(CC)c1cc(Nc2nc(Cl)nc(Nc3ccc(OC)c(N(CC)CC)c3)n2)ccc1C. The number of halogens is 1. The number of nitrogens with zero attached hydrogens (tertiary/aromatic N) is 5. The number of rotatable bonds is 11. The second-order valence-electron chi connectivity index (χ2n) is 7.73. The van der Waals surface area contributed by atoms with Gasteiger partial charge in [-0.05, 0) is 82.1 Å². The molecule has 0 aliphatic rings. The number of ether oxygens (including phenoxy) is 1. The Bertz CT molecular complexity index is 1100. The van der Waals surface area contributed by atoms with Crippen LogP contribution >= 0.6 is 11.6 Å². The third-order valence-electron chi connectivity index (χ3n) is 5.72. The molecule has 3 rings (SSSR count). The van der Waals surface area contributed by atoms with Gasteiger partial charge in [-0.15, -0.1) is 0 Å². The standard InChI is InChI=1S/C25H34ClN7O/c1-7-32(8-2)20-15-18(12-11-17(20)5)27-24-29-23(26)30-25(31-24)28-19-13-14-22(34-6)21(16-19)33(9-3)10-4/h11-16H,7-10H2,1-6H3,(H2,27,28,29,30,31). The molecule has 3 aromatic rings. The molecular weight excluding hydrogens is 450 g/mol. The van der Waals surface area contributed by atoms with Gasteiger partial charge in [0, 0.05) is 43.2 Å². The van der Waals surface area contributed by atoms with E-state index in [4.69, 9.17) is 16.3 Å². The van der Waals surface area contributed by atoms with Crippen molar-refractivity contribution >= 4 is 46.2 Å². The van der Waals surface area contributed by atoms with Gasteiger partial charge in [-0.3, -0.25) is 0 Å². The van der Waals surface area contributed by atoms with Gasteiger partial charge in [-0.1, -0.05) is 6.07 Å². The second-order valence-corrected chi connectivity index (χ2v) is 8.07. The molecule has 9 heteroatoms. The molecule has 0 fully saturated rings. The molecule has 182 valence electrons. The third-order valence-corrected chi connectivity index (χ3v) is 5.89. The zero-order chi connectivity index (χ0) is 24.7. The smallest absolute Gasteiger partial charge is 0.233 e. The highest BCUT2D eigenvalue weighted by Gasteiger charge is 2.13. The maximum absolute atomic E-state index is 6.23. The van der Waals surface area contributed by atoms with Gasteiger partial charge in [-0.2, -0.15) is 15.0 Å². The maximum atomic E-state index is 6.23. The molecule has 2 aromatic carbocycles. The first kappa shape index (κ1) is 25.4. The Morgan fingerprint density at radius 3 is 1.79 bits per heavy atom. The van der Waals surface area contributed by atoms with Gasteiger partial charge in [0.1, 0.15) is 5.75 Å². The number of methoxy groups -OCH3 is 1. The Morgan fingerprint density at radius 2 is 1.26 bits per heavy atom. The van der Waals surface area contributed by atoms with Crippen LogP contribution in [0.1, 0.15) is 33.3 Å². The molecule has 2 N–H and O–H groups in total. The summed E-state index contributed by atoms with van der Waals surface area (Å²) in [6.07, 6.45) is 0. The lowest BCUT2D eigenvalue weighted by Gasteiger charge is -2.24. The fourth-order valence-electron chi connectivity index (χ4n) is 3.89. The highest BCUT2D eigenvalue weighted by molar-refractivity contribution is 6.28. The van der Waals surface area contributed by atoms with E-state index in [1.54, 1.807) is 7.11 Å². The minimum Gasteiger partial charge on any atom is -0.495 e. The van der Waals surface area contributed by atoms with Crippen LogP contribution < -0.4 is 25.2 Å². The van der Waals surface area contributed by atoms with Crippen LogP contribution in [0.3, 0.4) is 0 Å². The summed E-state index contributed by atoms with van der Waals surface area (Å²) in [6, 6.07) is 12.1. The molecule has 0 aliphatic heterocycles. The van der Waals surface area contributed by atoms with E-state index in [-0.39, 0.29) is 5.28 Å². The summed E-state index contributed by atoms with van der Waals surface area (Å²) in [5.41, 5.74) is 5.10. The largest absolute Gasteiger partial charge is 0.495 e. The highest BCUT2D eigenvalue weighted by Crippen LogP contribution is 2.32. The van der Waals surface area contributed by atoms with Gasteiger partial charge < -0.3 is 25.2 Å². The molecule has 0 bridgehead atoms. The minimum atomic E-state index is 0.105. The molecule has 0 unspecified atom stereocenters. The van der Waals surface area contributed by atoms with Crippen molar-refractivity contribution in [1.29, 1.82) is 0 Å². The van der Waals surface area contributed by atoms with Gasteiger partial charge in [0.15, 0.2) is 0 Å². The van der Waals surface area contributed by atoms with Gasteiger partial charge in [0.05, 0.1) is 12.8 Å². The van der Waals surface area contributed by atoms with Crippen LogP contribution in [0.5, 0.6) is 5.75 Å². The zero-order valence-corrected chi connectivity index (χ0v) is 21.6. The zero-order valence-electron chi connectivity index (χ0n) is 20.8. The van der Waals surface area contributed by atoms with Crippen LogP contribution in [0.2, 0.25) is 5.28 Å². The lowest BCUT2D eigenvalue weighted by molar-refractivity contribution is 0.414. The van der Waals surface area contributed by atoms with E-state index < -0.39 is 0 Å². The molecule has 1 heterocycles. The summed E-state index contributed by atoms with van der Waals surface area (Å²) in [6.45, 7) is 14.2. The monoisotopic (exact) mass is 483 g/mol.